The topological polar surface area (TPSA) is 63.8 Å². The van der Waals surface area contributed by atoms with Gasteiger partial charge < -0.3 is 11.1 Å². The Hall–Kier alpha value is -2.53. The van der Waals surface area contributed by atoms with E-state index in [-0.39, 0.29) is 0 Å². The lowest BCUT2D eigenvalue weighted by atomic mass is 10.1. The number of anilines is 2. The van der Waals surface area contributed by atoms with Crippen LogP contribution in [0.25, 0.3) is 10.8 Å². The molecule has 4 nitrogen and oxygen atoms in total. The summed E-state index contributed by atoms with van der Waals surface area (Å²) in [5.74, 6) is 0.649. The Morgan fingerprint density at radius 2 is 2.00 bits per heavy atom. The molecule has 0 unspecified atom stereocenters. The van der Waals surface area contributed by atoms with Crippen molar-refractivity contribution in [1.82, 2.24) is 9.97 Å². The zero-order chi connectivity index (χ0) is 13.9. The maximum atomic E-state index is 5.72. The maximum Gasteiger partial charge on any atom is 0.140 e. The number of nitrogens with two attached hydrogens (primary N) is 1. The van der Waals surface area contributed by atoms with Gasteiger partial charge in [-0.1, -0.05) is 24.4 Å². The smallest absolute Gasteiger partial charge is 0.140 e. The summed E-state index contributed by atoms with van der Waals surface area (Å²) in [6.45, 7) is 0. The first kappa shape index (κ1) is 12.5. The second-order valence-corrected chi connectivity index (χ2v) is 4.73. The number of aromatic nitrogens is 2. The number of pyridine rings is 2. The lowest BCUT2D eigenvalue weighted by Crippen LogP contribution is -2.12. The number of nitrogens with one attached hydrogen (secondary N) is 1. The molecule has 0 fully saturated rings. The van der Waals surface area contributed by atoms with Crippen molar-refractivity contribution < 1.29 is 0 Å². The molecule has 0 bridgehead atoms. The molecule has 2 heterocycles. The first-order chi connectivity index (χ1) is 9.75. The number of rotatable bonds is 3. The highest BCUT2D eigenvalue weighted by molar-refractivity contribution is 7.80. The normalized spacial score (nSPS) is 10.4. The average molecular weight is 280 g/mol. The van der Waals surface area contributed by atoms with E-state index in [2.05, 4.69) is 15.3 Å². The highest BCUT2D eigenvalue weighted by Gasteiger charge is 2.08. The molecule has 0 saturated heterocycles. The molecule has 2 aromatic heterocycles. The van der Waals surface area contributed by atoms with Crippen LogP contribution in [0.15, 0.2) is 55.0 Å². The molecule has 5 heteroatoms. The maximum absolute atomic E-state index is 5.72. The van der Waals surface area contributed by atoms with Crippen LogP contribution in [0.1, 0.15) is 5.56 Å². The van der Waals surface area contributed by atoms with E-state index < -0.39 is 0 Å². The van der Waals surface area contributed by atoms with Gasteiger partial charge >= 0.3 is 0 Å². The number of hydrogen-bond acceptors (Lipinski definition) is 4. The number of hydrogen-bond donors (Lipinski definition) is 2. The summed E-state index contributed by atoms with van der Waals surface area (Å²) in [7, 11) is 0. The molecule has 0 spiro atoms. The summed E-state index contributed by atoms with van der Waals surface area (Å²) >= 11 is 5.05. The largest absolute Gasteiger partial charge is 0.389 e. The van der Waals surface area contributed by atoms with Crippen molar-refractivity contribution in [3.63, 3.8) is 0 Å². The van der Waals surface area contributed by atoms with Gasteiger partial charge in [0.05, 0.1) is 5.56 Å². The molecule has 0 radical (unpaired) electrons. The third kappa shape index (κ3) is 2.31. The van der Waals surface area contributed by atoms with Crippen molar-refractivity contribution >= 4 is 39.5 Å². The number of nitrogens with zero attached hydrogens (tertiary/aromatic N) is 2. The lowest BCUT2D eigenvalue weighted by Gasteiger charge is -2.11. The van der Waals surface area contributed by atoms with Crippen molar-refractivity contribution in [3.8, 4) is 0 Å². The SMILES string of the molecule is NC(=S)c1cccnc1Nc1cccc2ccncc12. The van der Waals surface area contributed by atoms with E-state index >= 15 is 0 Å². The molecule has 1 aromatic carbocycles. The first-order valence-corrected chi connectivity index (χ1v) is 6.51. The summed E-state index contributed by atoms with van der Waals surface area (Å²) < 4.78 is 0. The van der Waals surface area contributed by atoms with Gasteiger partial charge in [-0.25, -0.2) is 4.98 Å². The quantitative estimate of drug-likeness (QED) is 0.722. The van der Waals surface area contributed by atoms with Crippen LogP contribution in [0.3, 0.4) is 0 Å². The van der Waals surface area contributed by atoms with Crippen LogP contribution < -0.4 is 11.1 Å². The highest BCUT2D eigenvalue weighted by Crippen LogP contribution is 2.26. The molecule has 3 aromatic rings. The van der Waals surface area contributed by atoms with Gasteiger partial charge in [-0.05, 0) is 29.7 Å². The highest BCUT2D eigenvalue weighted by atomic mass is 32.1. The van der Waals surface area contributed by atoms with E-state index in [0.717, 1.165) is 22.0 Å². The minimum atomic E-state index is 0.318. The molecular weight excluding hydrogens is 268 g/mol. The van der Waals surface area contributed by atoms with Crippen LogP contribution in [-0.4, -0.2) is 15.0 Å². The van der Waals surface area contributed by atoms with Crippen molar-refractivity contribution in [2.75, 3.05) is 5.32 Å². The average Bonchev–Trinajstić information content (AvgIpc) is 2.48. The Morgan fingerprint density at radius 3 is 2.85 bits per heavy atom. The number of fused-ring (bicyclic) bond motifs is 1. The van der Waals surface area contributed by atoms with Crippen LogP contribution in [0.5, 0.6) is 0 Å². The van der Waals surface area contributed by atoms with Gasteiger partial charge in [0.15, 0.2) is 0 Å². The van der Waals surface area contributed by atoms with Crippen molar-refractivity contribution in [1.29, 1.82) is 0 Å². The Bertz CT molecular complexity index is 780. The van der Waals surface area contributed by atoms with E-state index in [1.807, 2.05) is 42.6 Å². The van der Waals surface area contributed by atoms with Crippen LogP contribution in [0, 0.1) is 0 Å². The molecule has 0 aliphatic heterocycles. The fraction of sp³-hybridized carbons (Fsp3) is 0. The predicted molar refractivity (Wildman–Crippen MR) is 85.2 cm³/mol. The molecule has 98 valence electrons. The Labute approximate surface area is 121 Å². The molecule has 0 amide bonds. The van der Waals surface area contributed by atoms with Crippen molar-refractivity contribution in [2.45, 2.75) is 0 Å². The lowest BCUT2D eigenvalue weighted by molar-refractivity contribution is 1.30. The fourth-order valence-corrected chi connectivity index (χ4v) is 2.22. The van der Waals surface area contributed by atoms with E-state index in [1.54, 1.807) is 12.4 Å². The third-order valence-electron chi connectivity index (χ3n) is 3.01. The Kier molecular flexibility index (Phi) is 3.26. The Morgan fingerprint density at radius 1 is 1.10 bits per heavy atom. The van der Waals surface area contributed by atoms with Crippen LogP contribution >= 0.6 is 12.2 Å². The fourth-order valence-electron chi connectivity index (χ4n) is 2.05. The minimum Gasteiger partial charge on any atom is -0.389 e. The first-order valence-electron chi connectivity index (χ1n) is 6.10. The standard InChI is InChI=1S/C15H12N4S/c16-14(20)11-4-2-7-18-15(11)19-13-5-1-3-10-6-8-17-9-12(10)13/h1-9H,(H2,16,20)(H,18,19). The molecule has 0 aliphatic carbocycles. The van der Waals surface area contributed by atoms with Crippen molar-refractivity contribution in [2.24, 2.45) is 5.73 Å². The molecule has 0 aliphatic rings. The van der Waals surface area contributed by atoms with Gasteiger partial charge in [0.25, 0.3) is 0 Å². The molecule has 0 saturated carbocycles. The van der Waals surface area contributed by atoms with Crippen molar-refractivity contribution in [3.05, 3.63) is 60.6 Å². The van der Waals surface area contributed by atoms with Gasteiger partial charge in [0.2, 0.25) is 0 Å². The van der Waals surface area contributed by atoms with Gasteiger partial charge in [-0.15, -0.1) is 0 Å². The van der Waals surface area contributed by atoms with E-state index in [0.29, 0.717) is 10.8 Å². The third-order valence-corrected chi connectivity index (χ3v) is 3.23. The van der Waals surface area contributed by atoms with Gasteiger partial charge in [0.1, 0.15) is 10.8 Å². The van der Waals surface area contributed by atoms with E-state index in [9.17, 15) is 0 Å². The zero-order valence-corrected chi connectivity index (χ0v) is 11.4. The van der Waals surface area contributed by atoms with E-state index in [4.69, 9.17) is 18.0 Å². The zero-order valence-electron chi connectivity index (χ0n) is 10.6. The van der Waals surface area contributed by atoms with E-state index in [1.165, 1.54) is 0 Å². The second kappa shape index (κ2) is 5.22. The molecular formula is C15H12N4S. The van der Waals surface area contributed by atoms with Crippen LogP contribution in [-0.2, 0) is 0 Å². The van der Waals surface area contributed by atoms with Gasteiger partial charge in [-0.2, -0.15) is 0 Å². The molecule has 0 atom stereocenters. The van der Waals surface area contributed by atoms with Gasteiger partial charge in [-0.3, -0.25) is 4.98 Å². The minimum absolute atomic E-state index is 0.318. The Balaban J connectivity index is 2.08. The predicted octanol–water partition coefficient (Wildman–Crippen LogP) is 3.01. The summed E-state index contributed by atoms with van der Waals surface area (Å²) in [6.07, 6.45) is 5.29. The molecule has 20 heavy (non-hydrogen) atoms. The molecule has 3 N–H and O–H groups in total. The van der Waals surface area contributed by atoms with Gasteiger partial charge in [0, 0.05) is 29.7 Å². The molecule has 3 rings (SSSR count). The number of thiocarbonyl (C=S) groups is 1. The summed E-state index contributed by atoms with van der Waals surface area (Å²) in [4.78, 5) is 8.78. The summed E-state index contributed by atoms with van der Waals surface area (Å²) in [5.41, 5.74) is 7.37. The second-order valence-electron chi connectivity index (χ2n) is 4.29. The number of benzene rings is 1. The van der Waals surface area contributed by atoms with Crippen LogP contribution in [0.4, 0.5) is 11.5 Å². The summed E-state index contributed by atoms with van der Waals surface area (Å²) in [6, 6.07) is 11.6. The summed E-state index contributed by atoms with van der Waals surface area (Å²) in [5, 5.41) is 5.41. The monoisotopic (exact) mass is 280 g/mol. The van der Waals surface area contributed by atoms with Crippen LogP contribution in [0.2, 0.25) is 0 Å².